The number of carbonyl (C=O) groups is 1. The Bertz CT molecular complexity index is 570. The van der Waals surface area contributed by atoms with E-state index in [1.807, 2.05) is 56.3 Å². The van der Waals surface area contributed by atoms with Crippen LogP contribution >= 0.6 is 15.9 Å². The molecule has 2 aromatic rings. The average molecular weight is 318 g/mol. The third kappa shape index (κ3) is 3.67. The molecule has 0 saturated heterocycles. The van der Waals surface area contributed by atoms with E-state index in [1.54, 1.807) is 0 Å². The molecule has 0 bridgehead atoms. The van der Waals surface area contributed by atoms with Crippen LogP contribution in [0.3, 0.4) is 0 Å². The smallest absolute Gasteiger partial charge is 0.228 e. The molecular weight excluding hydrogens is 302 g/mol. The van der Waals surface area contributed by atoms with Crippen molar-refractivity contribution in [2.24, 2.45) is 0 Å². The Hall–Kier alpha value is -1.61. The summed E-state index contributed by atoms with van der Waals surface area (Å²) in [6.07, 6.45) is 0.399. The molecule has 3 heteroatoms. The summed E-state index contributed by atoms with van der Waals surface area (Å²) in [5, 5.41) is 2.99. The maximum absolute atomic E-state index is 12.0. The normalized spacial score (nSPS) is 10.3. The van der Waals surface area contributed by atoms with Gasteiger partial charge in [0.05, 0.1) is 6.42 Å². The molecule has 19 heavy (non-hydrogen) atoms. The van der Waals surface area contributed by atoms with Crippen LogP contribution in [0.15, 0.2) is 46.9 Å². The number of anilines is 1. The van der Waals surface area contributed by atoms with Crippen LogP contribution in [0.25, 0.3) is 0 Å². The molecule has 98 valence electrons. The first kappa shape index (κ1) is 13.8. The summed E-state index contributed by atoms with van der Waals surface area (Å²) in [5.41, 5.74) is 4.05. The highest BCUT2D eigenvalue weighted by atomic mass is 79.9. The number of amides is 1. The molecule has 0 unspecified atom stereocenters. The van der Waals surface area contributed by atoms with Gasteiger partial charge < -0.3 is 5.32 Å². The van der Waals surface area contributed by atoms with Crippen LogP contribution in [0.2, 0.25) is 0 Å². The fourth-order valence-electron chi connectivity index (χ4n) is 2.07. The van der Waals surface area contributed by atoms with Crippen molar-refractivity contribution in [2.45, 2.75) is 20.3 Å². The van der Waals surface area contributed by atoms with E-state index in [0.717, 1.165) is 26.9 Å². The highest BCUT2D eigenvalue weighted by molar-refractivity contribution is 9.10. The molecule has 0 aliphatic heterocycles. The van der Waals surface area contributed by atoms with Crippen molar-refractivity contribution in [1.29, 1.82) is 0 Å². The molecule has 2 rings (SSSR count). The van der Waals surface area contributed by atoms with E-state index in [9.17, 15) is 4.79 Å². The number of halogens is 1. The summed E-state index contributed by atoms with van der Waals surface area (Å²) < 4.78 is 1.03. The Labute approximate surface area is 122 Å². The second-order valence-electron chi connectivity index (χ2n) is 4.63. The van der Waals surface area contributed by atoms with Crippen molar-refractivity contribution in [1.82, 2.24) is 0 Å². The number of hydrogen-bond acceptors (Lipinski definition) is 1. The van der Waals surface area contributed by atoms with Gasteiger partial charge in [0.2, 0.25) is 5.91 Å². The molecule has 0 atom stereocenters. The summed E-state index contributed by atoms with van der Waals surface area (Å²) in [5.74, 6) is 0.0136. The molecule has 0 radical (unpaired) electrons. The summed E-state index contributed by atoms with van der Waals surface area (Å²) >= 11 is 3.45. The average Bonchev–Trinajstić information content (AvgIpc) is 2.35. The second kappa shape index (κ2) is 6.02. The maximum Gasteiger partial charge on any atom is 0.228 e. The van der Waals surface area contributed by atoms with Gasteiger partial charge in [-0.2, -0.15) is 0 Å². The lowest BCUT2D eigenvalue weighted by atomic mass is 10.1. The zero-order chi connectivity index (χ0) is 13.8. The summed E-state index contributed by atoms with van der Waals surface area (Å²) in [7, 11) is 0. The summed E-state index contributed by atoms with van der Waals surface area (Å²) in [6, 6.07) is 13.8. The molecule has 2 aromatic carbocycles. The lowest BCUT2D eigenvalue weighted by Gasteiger charge is -2.12. The predicted octanol–water partition coefficient (Wildman–Crippen LogP) is 4.25. The van der Waals surface area contributed by atoms with E-state index < -0.39 is 0 Å². The molecule has 1 N–H and O–H groups in total. The minimum atomic E-state index is 0.0136. The van der Waals surface area contributed by atoms with Gasteiger partial charge in [-0.15, -0.1) is 0 Å². The van der Waals surface area contributed by atoms with Gasteiger partial charge >= 0.3 is 0 Å². The number of carbonyl (C=O) groups excluding carboxylic acids is 1. The number of rotatable bonds is 3. The van der Waals surface area contributed by atoms with E-state index in [4.69, 9.17) is 0 Å². The van der Waals surface area contributed by atoms with Crippen molar-refractivity contribution in [3.8, 4) is 0 Å². The summed E-state index contributed by atoms with van der Waals surface area (Å²) in [6.45, 7) is 3.99. The van der Waals surface area contributed by atoms with Gasteiger partial charge in [-0.25, -0.2) is 0 Å². The highest BCUT2D eigenvalue weighted by Gasteiger charge is 2.09. The topological polar surface area (TPSA) is 29.1 Å². The van der Waals surface area contributed by atoms with Gasteiger partial charge in [-0.1, -0.05) is 46.3 Å². The summed E-state index contributed by atoms with van der Waals surface area (Å²) in [4.78, 5) is 12.0. The predicted molar refractivity (Wildman–Crippen MR) is 82.4 cm³/mol. The maximum atomic E-state index is 12.0. The first-order valence-electron chi connectivity index (χ1n) is 6.17. The van der Waals surface area contributed by atoms with Gasteiger partial charge in [-0.05, 0) is 42.7 Å². The largest absolute Gasteiger partial charge is 0.325 e. The van der Waals surface area contributed by atoms with E-state index >= 15 is 0 Å². The molecule has 1 amide bonds. The van der Waals surface area contributed by atoms with Gasteiger partial charge in [-0.3, -0.25) is 4.79 Å². The van der Waals surface area contributed by atoms with Crippen molar-refractivity contribution in [3.05, 3.63) is 63.6 Å². The number of nitrogens with one attached hydrogen (secondary N) is 1. The molecule has 0 heterocycles. The van der Waals surface area contributed by atoms with Gasteiger partial charge in [0.25, 0.3) is 0 Å². The second-order valence-corrected chi connectivity index (χ2v) is 5.54. The van der Waals surface area contributed by atoms with E-state index in [1.165, 1.54) is 0 Å². The monoisotopic (exact) mass is 317 g/mol. The Kier molecular flexibility index (Phi) is 4.38. The SMILES string of the molecule is Cc1cc(Br)cc(C)c1NC(=O)Cc1ccccc1. The lowest BCUT2D eigenvalue weighted by Crippen LogP contribution is -2.16. The van der Waals surface area contributed by atoms with Crippen molar-refractivity contribution in [2.75, 3.05) is 5.32 Å². The first-order valence-corrected chi connectivity index (χ1v) is 6.96. The molecule has 0 aromatic heterocycles. The van der Waals surface area contributed by atoms with Crippen molar-refractivity contribution >= 4 is 27.5 Å². The van der Waals surface area contributed by atoms with Gasteiger partial charge in [0, 0.05) is 10.2 Å². The zero-order valence-electron chi connectivity index (χ0n) is 11.0. The standard InChI is InChI=1S/C16H16BrNO/c1-11-8-14(17)9-12(2)16(11)18-15(19)10-13-6-4-3-5-7-13/h3-9H,10H2,1-2H3,(H,18,19). The Morgan fingerprint density at radius 3 is 2.26 bits per heavy atom. The minimum Gasteiger partial charge on any atom is -0.325 e. The van der Waals surface area contributed by atoms with E-state index in [2.05, 4.69) is 21.2 Å². The van der Waals surface area contributed by atoms with Gasteiger partial charge in [0.15, 0.2) is 0 Å². The third-order valence-electron chi connectivity index (χ3n) is 2.97. The number of aryl methyl sites for hydroxylation is 2. The van der Waals surface area contributed by atoms with Crippen molar-refractivity contribution in [3.63, 3.8) is 0 Å². The van der Waals surface area contributed by atoms with Crippen LogP contribution in [-0.4, -0.2) is 5.91 Å². The van der Waals surface area contributed by atoms with Crippen LogP contribution in [-0.2, 0) is 11.2 Å². The van der Waals surface area contributed by atoms with Crippen LogP contribution in [0.5, 0.6) is 0 Å². The third-order valence-corrected chi connectivity index (χ3v) is 3.43. The van der Waals surface area contributed by atoms with Crippen LogP contribution in [0.4, 0.5) is 5.69 Å². The quantitative estimate of drug-likeness (QED) is 0.901. The molecule has 0 saturated carbocycles. The Morgan fingerprint density at radius 2 is 1.68 bits per heavy atom. The molecule has 0 spiro atoms. The fraction of sp³-hybridized carbons (Fsp3) is 0.188. The molecule has 0 fully saturated rings. The van der Waals surface area contributed by atoms with E-state index in [-0.39, 0.29) is 5.91 Å². The number of benzene rings is 2. The number of hydrogen-bond donors (Lipinski definition) is 1. The zero-order valence-corrected chi connectivity index (χ0v) is 12.6. The van der Waals surface area contributed by atoms with E-state index in [0.29, 0.717) is 6.42 Å². The minimum absolute atomic E-state index is 0.0136. The van der Waals surface area contributed by atoms with Crippen molar-refractivity contribution < 1.29 is 4.79 Å². The molecule has 2 nitrogen and oxygen atoms in total. The Balaban J connectivity index is 2.12. The van der Waals surface area contributed by atoms with Crippen LogP contribution in [0.1, 0.15) is 16.7 Å². The highest BCUT2D eigenvalue weighted by Crippen LogP contribution is 2.25. The molecule has 0 aliphatic carbocycles. The Morgan fingerprint density at radius 1 is 1.11 bits per heavy atom. The molecule has 0 aliphatic rings. The fourth-order valence-corrected chi connectivity index (χ4v) is 2.76. The first-order chi connectivity index (χ1) is 9.06. The van der Waals surface area contributed by atoms with Crippen LogP contribution < -0.4 is 5.32 Å². The molecular formula is C16H16BrNO. The lowest BCUT2D eigenvalue weighted by molar-refractivity contribution is -0.115. The van der Waals surface area contributed by atoms with Gasteiger partial charge in [0.1, 0.15) is 0 Å². The van der Waals surface area contributed by atoms with Crippen LogP contribution in [0, 0.1) is 13.8 Å².